The first kappa shape index (κ1) is 21.0. The molecule has 0 spiro atoms. The summed E-state index contributed by atoms with van der Waals surface area (Å²) in [7, 11) is 0. The average Bonchev–Trinajstić information content (AvgIpc) is 2.71. The predicted molar refractivity (Wildman–Crippen MR) is 108 cm³/mol. The van der Waals surface area contributed by atoms with Crippen molar-refractivity contribution in [2.75, 3.05) is 32.7 Å². The second-order valence-electron chi connectivity index (χ2n) is 7.15. The summed E-state index contributed by atoms with van der Waals surface area (Å²) in [4.78, 5) is 25.5. The summed E-state index contributed by atoms with van der Waals surface area (Å²) in [5.74, 6) is -1.37. The Morgan fingerprint density at radius 1 is 1.03 bits per heavy atom. The summed E-state index contributed by atoms with van der Waals surface area (Å²) >= 11 is 6.24. The van der Waals surface area contributed by atoms with Gasteiger partial charge in [-0.15, -0.1) is 0 Å². The van der Waals surface area contributed by atoms with Gasteiger partial charge in [0.25, 0.3) is 5.91 Å². The molecule has 1 saturated heterocycles. The second-order valence-corrected chi connectivity index (χ2v) is 7.55. The first-order valence-electron chi connectivity index (χ1n) is 9.55. The monoisotopic (exact) mass is 415 g/mol. The van der Waals surface area contributed by atoms with Crippen LogP contribution >= 0.6 is 11.6 Å². The van der Waals surface area contributed by atoms with Gasteiger partial charge in [0.05, 0.1) is 12.2 Å². The van der Waals surface area contributed by atoms with E-state index in [9.17, 15) is 14.7 Å². The van der Waals surface area contributed by atoms with Crippen molar-refractivity contribution in [1.82, 2.24) is 5.43 Å². The minimum Gasteiger partial charge on any atom is -0.545 e. The third-order valence-electron chi connectivity index (χ3n) is 5.02. The van der Waals surface area contributed by atoms with Gasteiger partial charge in [-0.25, -0.2) is 5.43 Å². The highest BCUT2D eigenvalue weighted by Crippen LogP contribution is 2.13. The number of hydrogen-bond acceptors (Lipinski definition) is 4. The van der Waals surface area contributed by atoms with Crippen molar-refractivity contribution in [1.29, 1.82) is 0 Å². The van der Waals surface area contributed by atoms with E-state index in [-0.39, 0.29) is 11.5 Å². The Labute approximate surface area is 174 Å². The normalized spacial score (nSPS) is 19.2. The van der Waals surface area contributed by atoms with E-state index in [0.717, 1.165) is 43.3 Å². The molecular weight excluding hydrogens is 392 g/mol. The number of halogens is 1. The van der Waals surface area contributed by atoms with Gasteiger partial charge in [-0.05, 0) is 17.2 Å². The highest BCUT2D eigenvalue weighted by Gasteiger charge is 2.25. The molecule has 152 valence electrons. The van der Waals surface area contributed by atoms with Crippen LogP contribution in [-0.4, -0.2) is 50.8 Å². The molecule has 29 heavy (non-hydrogen) atoms. The molecule has 1 aliphatic rings. The number of amides is 1. The number of carboxylic acids is 1. The van der Waals surface area contributed by atoms with Crippen LogP contribution in [0.1, 0.15) is 21.5 Å². The molecule has 0 saturated carbocycles. The van der Waals surface area contributed by atoms with Crippen LogP contribution in [0.5, 0.6) is 0 Å². The lowest BCUT2D eigenvalue weighted by molar-refractivity contribution is -1.02. The van der Waals surface area contributed by atoms with E-state index in [2.05, 4.69) is 16.6 Å². The SMILES string of the molecule is O=C(C[NH+]1CC[NH+](Cc2ccccc2Cl)CC1)N/N=C\c1ccc(C(=O)[O-])cc1. The van der Waals surface area contributed by atoms with E-state index in [1.54, 1.807) is 12.1 Å². The second kappa shape index (κ2) is 10.2. The summed E-state index contributed by atoms with van der Waals surface area (Å²) in [6, 6.07) is 14.0. The number of carbonyl (C=O) groups excluding carboxylic acids is 2. The van der Waals surface area contributed by atoms with Crippen molar-refractivity contribution in [3.05, 3.63) is 70.2 Å². The lowest BCUT2D eigenvalue weighted by atomic mass is 10.1. The molecule has 3 N–H and O–H groups in total. The quantitative estimate of drug-likeness (QED) is 0.366. The zero-order chi connectivity index (χ0) is 20.6. The van der Waals surface area contributed by atoms with Crippen LogP contribution in [0.2, 0.25) is 5.02 Å². The predicted octanol–water partition coefficient (Wildman–Crippen LogP) is -1.86. The number of hydrogen-bond donors (Lipinski definition) is 3. The molecule has 0 atom stereocenters. The fraction of sp³-hybridized carbons (Fsp3) is 0.286. The van der Waals surface area contributed by atoms with Gasteiger partial charge in [-0.3, -0.25) is 4.79 Å². The number of nitrogens with one attached hydrogen (secondary N) is 3. The van der Waals surface area contributed by atoms with Gasteiger partial charge in [0.2, 0.25) is 0 Å². The minimum atomic E-state index is -1.22. The van der Waals surface area contributed by atoms with Gasteiger partial charge in [0.1, 0.15) is 32.7 Å². The molecule has 2 aromatic carbocycles. The van der Waals surface area contributed by atoms with Crippen molar-refractivity contribution in [2.45, 2.75) is 6.54 Å². The Bertz CT molecular complexity index is 878. The van der Waals surface area contributed by atoms with Crippen LogP contribution in [-0.2, 0) is 11.3 Å². The molecule has 1 heterocycles. The van der Waals surface area contributed by atoms with Crippen LogP contribution in [0.3, 0.4) is 0 Å². The van der Waals surface area contributed by atoms with E-state index in [4.69, 9.17) is 11.6 Å². The maximum Gasteiger partial charge on any atom is 0.295 e. The number of aromatic carboxylic acids is 1. The first-order chi connectivity index (χ1) is 14.0. The van der Waals surface area contributed by atoms with Gasteiger partial charge in [0, 0.05) is 10.6 Å². The standard InChI is InChI=1S/C21H23ClN4O3/c22-19-4-2-1-3-18(19)14-25-9-11-26(12-10-25)15-20(27)24-23-13-16-5-7-17(8-6-16)21(28)29/h1-8,13H,9-12,14-15H2,(H,24,27)(H,28,29)/p+1/b23-13-. The maximum absolute atomic E-state index is 12.1. The molecule has 0 aromatic heterocycles. The highest BCUT2D eigenvalue weighted by molar-refractivity contribution is 6.31. The van der Waals surface area contributed by atoms with Crippen molar-refractivity contribution in [3.8, 4) is 0 Å². The number of piperazine rings is 1. The Kier molecular flexibility index (Phi) is 7.35. The number of carbonyl (C=O) groups is 2. The number of hydrazone groups is 1. The Morgan fingerprint density at radius 3 is 2.34 bits per heavy atom. The van der Waals surface area contributed by atoms with Gasteiger partial charge >= 0.3 is 0 Å². The van der Waals surface area contributed by atoms with Gasteiger partial charge in [0.15, 0.2) is 6.54 Å². The van der Waals surface area contributed by atoms with Crippen LogP contribution in [0.15, 0.2) is 53.6 Å². The summed E-state index contributed by atoms with van der Waals surface area (Å²) in [6.45, 7) is 5.09. The molecule has 0 unspecified atom stereocenters. The van der Waals surface area contributed by atoms with E-state index in [1.165, 1.54) is 28.1 Å². The van der Waals surface area contributed by atoms with Crippen LogP contribution in [0.25, 0.3) is 0 Å². The van der Waals surface area contributed by atoms with E-state index in [0.29, 0.717) is 12.1 Å². The van der Waals surface area contributed by atoms with E-state index < -0.39 is 5.97 Å². The van der Waals surface area contributed by atoms with Gasteiger partial charge in [-0.1, -0.05) is 54.1 Å². The molecule has 1 aliphatic heterocycles. The summed E-state index contributed by atoms with van der Waals surface area (Å²) in [6.07, 6.45) is 1.48. The Balaban J connectivity index is 1.39. The number of nitrogens with zero attached hydrogens (tertiary/aromatic N) is 1. The fourth-order valence-electron chi connectivity index (χ4n) is 3.37. The Hall–Kier alpha value is -2.74. The molecule has 8 heteroatoms. The highest BCUT2D eigenvalue weighted by atomic mass is 35.5. The number of quaternary nitrogens is 2. The van der Waals surface area contributed by atoms with Gasteiger partial charge in [-0.2, -0.15) is 5.10 Å². The first-order valence-corrected chi connectivity index (χ1v) is 9.93. The number of carboxylic acid groups (broad SMARTS) is 1. The zero-order valence-electron chi connectivity index (χ0n) is 16.0. The third-order valence-corrected chi connectivity index (χ3v) is 5.39. The molecule has 2 aromatic rings. The molecule has 0 bridgehead atoms. The molecule has 0 aliphatic carbocycles. The largest absolute Gasteiger partial charge is 0.545 e. The van der Waals surface area contributed by atoms with E-state index in [1.807, 2.05) is 18.2 Å². The topological polar surface area (TPSA) is 90.5 Å². The zero-order valence-corrected chi connectivity index (χ0v) is 16.7. The van der Waals surface area contributed by atoms with Crippen molar-refractivity contribution in [3.63, 3.8) is 0 Å². The lowest BCUT2D eigenvalue weighted by Gasteiger charge is -2.29. The molecule has 1 amide bonds. The van der Waals surface area contributed by atoms with Crippen molar-refractivity contribution in [2.24, 2.45) is 5.10 Å². The molecule has 1 fully saturated rings. The lowest BCUT2D eigenvalue weighted by Crippen LogP contribution is -3.28. The average molecular weight is 416 g/mol. The maximum atomic E-state index is 12.1. The fourth-order valence-corrected chi connectivity index (χ4v) is 3.57. The molecule has 7 nitrogen and oxygen atoms in total. The molecule has 0 radical (unpaired) electrons. The van der Waals surface area contributed by atoms with Gasteiger partial charge < -0.3 is 19.7 Å². The van der Waals surface area contributed by atoms with E-state index >= 15 is 0 Å². The van der Waals surface area contributed by atoms with Crippen LogP contribution in [0.4, 0.5) is 0 Å². The Morgan fingerprint density at radius 2 is 1.69 bits per heavy atom. The van der Waals surface area contributed by atoms with Crippen LogP contribution in [0, 0.1) is 0 Å². The molecule has 3 rings (SSSR count). The summed E-state index contributed by atoms with van der Waals surface area (Å²) < 4.78 is 0. The molecular formula is C21H24ClN4O3+. The summed E-state index contributed by atoms with van der Waals surface area (Å²) in [5.41, 5.74) is 4.49. The van der Waals surface area contributed by atoms with Crippen molar-refractivity contribution >= 4 is 29.7 Å². The minimum absolute atomic E-state index is 0.102. The van der Waals surface area contributed by atoms with Crippen molar-refractivity contribution < 1.29 is 24.5 Å². The number of rotatable bonds is 7. The third kappa shape index (κ3) is 6.39. The number of benzene rings is 2. The smallest absolute Gasteiger partial charge is 0.295 e. The van der Waals surface area contributed by atoms with Crippen LogP contribution < -0.4 is 20.3 Å². The summed E-state index contributed by atoms with van der Waals surface area (Å²) in [5, 5.41) is 15.5.